The monoisotopic (exact) mass is 401 g/mol. The minimum atomic E-state index is -0.404. The Kier molecular flexibility index (Phi) is 6.93. The largest absolute Gasteiger partial charge is 0.492 e. The van der Waals surface area contributed by atoms with Crippen LogP contribution in [0.3, 0.4) is 0 Å². The standard InChI is InChI=1S/C22H28FN3O3/c1-15-4-7-19(8-5-15)28-11-10-24-22(27)25-18-6-9-21(20(23)12-18)26-13-16(2)29-17(3)14-26/h4-9,12,16-17H,10-11,13-14H2,1-3H3,(H2,24,25,27). The van der Waals surface area contributed by atoms with Crippen LogP contribution in [0, 0.1) is 12.7 Å². The molecule has 2 amide bonds. The number of hydrogen-bond acceptors (Lipinski definition) is 4. The quantitative estimate of drug-likeness (QED) is 0.720. The lowest BCUT2D eigenvalue weighted by Crippen LogP contribution is -2.45. The van der Waals surface area contributed by atoms with Gasteiger partial charge >= 0.3 is 6.03 Å². The lowest BCUT2D eigenvalue weighted by atomic mass is 10.2. The van der Waals surface area contributed by atoms with Crippen molar-refractivity contribution in [1.82, 2.24) is 5.32 Å². The first-order chi connectivity index (χ1) is 13.9. The molecule has 2 atom stereocenters. The van der Waals surface area contributed by atoms with E-state index in [-0.39, 0.29) is 18.0 Å². The van der Waals surface area contributed by atoms with Gasteiger partial charge in [-0.25, -0.2) is 9.18 Å². The third-order valence-corrected chi connectivity index (χ3v) is 4.64. The molecular formula is C22H28FN3O3. The number of anilines is 2. The molecule has 29 heavy (non-hydrogen) atoms. The summed E-state index contributed by atoms with van der Waals surface area (Å²) in [5, 5.41) is 5.35. The Balaban J connectivity index is 1.46. The second-order valence-electron chi connectivity index (χ2n) is 7.37. The van der Waals surface area contributed by atoms with Gasteiger partial charge in [0.15, 0.2) is 0 Å². The number of aryl methyl sites for hydroxylation is 1. The summed E-state index contributed by atoms with van der Waals surface area (Å²) in [6.45, 7) is 7.91. The van der Waals surface area contributed by atoms with E-state index in [0.717, 1.165) is 11.3 Å². The van der Waals surface area contributed by atoms with Crippen molar-refractivity contribution in [3.8, 4) is 5.75 Å². The van der Waals surface area contributed by atoms with Gasteiger partial charge in [0.05, 0.1) is 24.4 Å². The molecule has 156 valence electrons. The predicted octanol–water partition coefficient (Wildman–Crippen LogP) is 3.95. The zero-order chi connectivity index (χ0) is 20.8. The number of morpholine rings is 1. The average Bonchev–Trinajstić information content (AvgIpc) is 2.66. The van der Waals surface area contributed by atoms with Crippen LogP contribution < -0.4 is 20.3 Å². The second-order valence-corrected chi connectivity index (χ2v) is 7.37. The maximum Gasteiger partial charge on any atom is 0.319 e. The molecule has 1 saturated heterocycles. The van der Waals surface area contributed by atoms with Crippen LogP contribution in [0.2, 0.25) is 0 Å². The van der Waals surface area contributed by atoms with Gasteiger partial charge in [0.2, 0.25) is 0 Å². The number of hydrogen-bond donors (Lipinski definition) is 2. The van der Waals surface area contributed by atoms with Gasteiger partial charge in [0.1, 0.15) is 18.2 Å². The van der Waals surface area contributed by atoms with E-state index in [1.807, 2.05) is 49.9 Å². The molecule has 0 bridgehead atoms. The first-order valence-electron chi connectivity index (χ1n) is 9.85. The summed E-state index contributed by atoms with van der Waals surface area (Å²) in [7, 11) is 0. The summed E-state index contributed by atoms with van der Waals surface area (Å²) < 4.78 is 25.8. The molecule has 1 aliphatic heterocycles. The first kappa shape index (κ1) is 20.9. The van der Waals surface area contributed by atoms with Gasteiger partial charge in [-0.15, -0.1) is 0 Å². The molecule has 7 heteroatoms. The van der Waals surface area contributed by atoms with Crippen LogP contribution >= 0.6 is 0 Å². The van der Waals surface area contributed by atoms with Crippen LogP contribution in [0.15, 0.2) is 42.5 Å². The number of urea groups is 1. The molecule has 1 fully saturated rings. The van der Waals surface area contributed by atoms with Gasteiger partial charge in [-0.05, 0) is 51.1 Å². The highest BCUT2D eigenvalue weighted by Crippen LogP contribution is 2.26. The molecule has 2 unspecified atom stereocenters. The third-order valence-electron chi connectivity index (χ3n) is 4.64. The number of amides is 2. The van der Waals surface area contributed by atoms with Crippen molar-refractivity contribution in [2.45, 2.75) is 33.0 Å². The molecule has 0 aromatic heterocycles. The molecule has 2 aromatic rings. The van der Waals surface area contributed by atoms with Gasteiger partial charge in [0.25, 0.3) is 0 Å². The highest BCUT2D eigenvalue weighted by Gasteiger charge is 2.24. The molecule has 0 spiro atoms. The predicted molar refractivity (Wildman–Crippen MR) is 112 cm³/mol. The second kappa shape index (κ2) is 9.60. The van der Waals surface area contributed by atoms with Crippen LogP contribution in [0.5, 0.6) is 5.75 Å². The van der Waals surface area contributed by atoms with Gasteiger partial charge in [-0.2, -0.15) is 0 Å². The number of nitrogens with one attached hydrogen (secondary N) is 2. The van der Waals surface area contributed by atoms with Crippen LogP contribution in [0.1, 0.15) is 19.4 Å². The van der Waals surface area contributed by atoms with E-state index in [2.05, 4.69) is 10.6 Å². The Bertz CT molecular complexity index is 819. The Morgan fingerprint density at radius 3 is 2.52 bits per heavy atom. The third kappa shape index (κ3) is 6.09. The zero-order valence-corrected chi connectivity index (χ0v) is 17.1. The number of carbonyl (C=O) groups excluding carboxylic acids is 1. The fourth-order valence-corrected chi connectivity index (χ4v) is 3.36. The van der Waals surface area contributed by atoms with Crippen molar-refractivity contribution in [3.63, 3.8) is 0 Å². The van der Waals surface area contributed by atoms with Crippen LogP contribution in [0.25, 0.3) is 0 Å². The molecule has 2 N–H and O–H groups in total. The van der Waals surface area contributed by atoms with Crippen molar-refractivity contribution >= 4 is 17.4 Å². The van der Waals surface area contributed by atoms with Crippen molar-refractivity contribution in [2.75, 3.05) is 36.5 Å². The summed E-state index contributed by atoms with van der Waals surface area (Å²) >= 11 is 0. The number of nitrogens with zero attached hydrogens (tertiary/aromatic N) is 1. The lowest BCUT2D eigenvalue weighted by molar-refractivity contribution is -0.00539. The molecule has 6 nitrogen and oxygen atoms in total. The van der Waals surface area contributed by atoms with Crippen molar-refractivity contribution in [2.24, 2.45) is 0 Å². The minimum Gasteiger partial charge on any atom is -0.492 e. The Morgan fingerprint density at radius 1 is 1.17 bits per heavy atom. The van der Waals surface area contributed by atoms with Gasteiger partial charge < -0.3 is 25.0 Å². The molecule has 1 aliphatic rings. The maximum atomic E-state index is 14.6. The summed E-state index contributed by atoms with van der Waals surface area (Å²) in [4.78, 5) is 14.0. The SMILES string of the molecule is Cc1ccc(OCCNC(=O)Nc2ccc(N3CC(C)OC(C)C3)c(F)c2)cc1. The molecule has 2 aromatic carbocycles. The summed E-state index contributed by atoms with van der Waals surface area (Å²) in [6, 6.07) is 12.0. The van der Waals surface area contributed by atoms with E-state index in [0.29, 0.717) is 37.6 Å². The van der Waals surface area contributed by atoms with Crippen molar-refractivity contribution in [1.29, 1.82) is 0 Å². The normalized spacial score (nSPS) is 19.0. The summed E-state index contributed by atoms with van der Waals surface area (Å²) in [5.74, 6) is 0.383. The number of ether oxygens (including phenoxy) is 2. The van der Waals surface area contributed by atoms with Gasteiger partial charge in [-0.3, -0.25) is 0 Å². The van der Waals surface area contributed by atoms with Crippen molar-refractivity contribution < 1.29 is 18.7 Å². The van der Waals surface area contributed by atoms with E-state index >= 15 is 0 Å². The Hall–Kier alpha value is -2.80. The smallest absolute Gasteiger partial charge is 0.319 e. The topological polar surface area (TPSA) is 62.8 Å². The molecule has 0 aliphatic carbocycles. The minimum absolute atomic E-state index is 0.0452. The lowest BCUT2D eigenvalue weighted by Gasteiger charge is -2.37. The molecule has 0 radical (unpaired) electrons. The fourth-order valence-electron chi connectivity index (χ4n) is 3.36. The summed E-state index contributed by atoms with van der Waals surface area (Å²) in [6.07, 6.45) is 0.0905. The number of rotatable bonds is 6. The zero-order valence-electron chi connectivity index (χ0n) is 17.1. The molecule has 1 heterocycles. The summed E-state index contributed by atoms with van der Waals surface area (Å²) in [5.41, 5.74) is 2.08. The molecular weight excluding hydrogens is 373 g/mol. The maximum absolute atomic E-state index is 14.6. The Labute approximate surface area is 171 Å². The Morgan fingerprint density at radius 2 is 1.86 bits per heavy atom. The van der Waals surface area contributed by atoms with E-state index < -0.39 is 6.03 Å². The van der Waals surface area contributed by atoms with Crippen LogP contribution in [-0.2, 0) is 4.74 Å². The number of halogens is 1. The van der Waals surface area contributed by atoms with Gasteiger partial charge in [-0.1, -0.05) is 17.7 Å². The number of carbonyl (C=O) groups is 1. The highest BCUT2D eigenvalue weighted by molar-refractivity contribution is 5.89. The first-order valence-corrected chi connectivity index (χ1v) is 9.85. The van der Waals surface area contributed by atoms with Gasteiger partial charge in [0, 0.05) is 18.8 Å². The van der Waals surface area contributed by atoms with Crippen molar-refractivity contribution in [3.05, 3.63) is 53.8 Å². The average molecular weight is 401 g/mol. The number of benzene rings is 2. The van der Waals surface area contributed by atoms with Crippen LogP contribution in [-0.4, -0.2) is 44.5 Å². The van der Waals surface area contributed by atoms with E-state index in [1.165, 1.54) is 6.07 Å². The molecule has 0 saturated carbocycles. The highest BCUT2D eigenvalue weighted by atomic mass is 19.1. The van der Waals surface area contributed by atoms with Crippen LogP contribution in [0.4, 0.5) is 20.6 Å². The molecule has 3 rings (SSSR count). The van der Waals surface area contributed by atoms with E-state index in [1.54, 1.807) is 12.1 Å². The van der Waals surface area contributed by atoms with E-state index in [9.17, 15) is 9.18 Å². The van der Waals surface area contributed by atoms with E-state index in [4.69, 9.17) is 9.47 Å². The fraction of sp³-hybridized carbons (Fsp3) is 0.409.